The van der Waals surface area contributed by atoms with Gasteiger partial charge < -0.3 is 10.6 Å². The third-order valence-corrected chi connectivity index (χ3v) is 5.12. The first-order valence-electron chi connectivity index (χ1n) is 6.50. The van der Waals surface area contributed by atoms with Gasteiger partial charge in [0.25, 0.3) is 0 Å². The molecule has 2 N–H and O–H groups in total. The zero-order valence-corrected chi connectivity index (χ0v) is 13.9. The maximum atomic E-state index is 4.43. The van der Waals surface area contributed by atoms with E-state index in [9.17, 15) is 0 Å². The van der Waals surface area contributed by atoms with Crippen molar-refractivity contribution in [2.45, 2.75) is 33.9 Å². The van der Waals surface area contributed by atoms with Crippen LogP contribution in [0, 0.1) is 20.8 Å². The maximum Gasteiger partial charge on any atom is 0.191 e. The van der Waals surface area contributed by atoms with Gasteiger partial charge in [-0.25, -0.2) is 4.98 Å². The predicted octanol–water partition coefficient (Wildman–Crippen LogP) is 3.00. The fourth-order valence-electron chi connectivity index (χ4n) is 1.87. The third kappa shape index (κ3) is 3.80. The molecular weight excluding hydrogens is 288 g/mol. The fraction of sp³-hybridized carbons (Fsp3) is 0.429. The second kappa shape index (κ2) is 6.85. The molecule has 0 aliphatic carbocycles. The number of thiazole rings is 1. The molecule has 108 valence electrons. The molecular formula is C14H20N4S2. The first-order valence-corrected chi connectivity index (χ1v) is 8.20. The third-order valence-electron chi connectivity index (χ3n) is 3.02. The molecule has 0 saturated heterocycles. The summed E-state index contributed by atoms with van der Waals surface area (Å²) in [5, 5.41) is 9.90. The van der Waals surface area contributed by atoms with Crippen LogP contribution in [-0.4, -0.2) is 18.0 Å². The van der Waals surface area contributed by atoms with Gasteiger partial charge in [0, 0.05) is 16.8 Å². The zero-order valence-electron chi connectivity index (χ0n) is 12.3. The van der Waals surface area contributed by atoms with Crippen molar-refractivity contribution in [1.82, 2.24) is 15.6 Å². The molecule has 2 heterocycles. The number of aliphatic imine (C=N–C) groups is 1. The highest BCUT2D eigenvalue weighted by atomic mass is 32.1. The minimum Gasteiger partial charge on any atom is -0.352 e. The number of nitrogens with one attached hydrogen (secondary N) is 2. The number of hydrogen-bond acceptors (Lipinski definition) is 4. The lowest BCUT2D eigenvalue weighted by molar-refractivity contribution is 0.816. The summed E-state index contributed by atoms with van der Waals surface area (Å²) < 4.78 is 0. The predicted molar refractivity (Wildman–Crippen MR) is 87.7 cm³/mol. The molecule has 2 aromatic rings. The molecule has 2 aromatic heterocycles. The van der Waals surface area contributed by atoms with E-state index in [1.165, 1.54) is 15.3 Å². The standard InChI is InChI=1S/C14H20N4S2/c1-9-5-6-19-12(9)7-16-14(15-4)17-8-13-10(2)18-11(3)20-13/h5-6H,7-8H2,1-4H3,(H2,15,16,17). The Morgan fingerprint density at radius 1 is 1.20 bits per heavy atom. The Hall–Kier alpha value is -1.40. The quantitative estimate of drug-likeness (QED) is 0.674. The molecule has 0 spiro atoms. The van der Waals surface area contributed by atoms with Crippen LogP contribution in [0.3, 0.4) is 0 Å². The normalized spacial score (nSPS) is 11.7. The second-order valence-electron chi connectivity index (χ2n) is 4.55. The first-order chi connectivity index (χ1) is 9.60. The molecule has 0 aromatic carbocycles. The molecule has 0 aliphatic rings. The van der Waals surface area contributed by atoms with Gasteiger partial charge in [-0.2, -0.15) is 0 Å². The van der Waals surface area contributed by atoms with E-state index in [0.717, 1.165) is 29.8 Å². The molecule has 20 heavy (non-hydrogen) atoms. The zero-order chi connectivity index (χ0) is 14.5. The summed E-state index contributed by atoms with van der Waals surface area (Å²) in [5.41, 5.74) is 2.43. The summed E-state index contributed by atoms with van der Waals surface area (Å²) in [6.07, 6.45) is 0. The number of aryl methyl sites for hydroxylation is 3. The largest absolute Gasteiger partial charge is 0.352 e. The summed E-state index contributed by atoms with van der Waals surface area (Å²) in [4.78, 5) is 11.3. The highest BCUT2D eigenvalue weighted by Gasteiger charge is 2.06. The molecule has 4 nitrogen and oxygen atoms in total. The highest BCUT2D eigenvalue weighted by Crippen LogP contribution is 2.17. The van der Waals surface area contributed by atoms with Crippen LogP contribution < -0.4 is 10.6 Å². The Morgan fingerprint density at radius 3 is 2.40 bits per heavy atom. The van der Waals surface area contributed by atoms with Crippen molar-refractivity contribution < 1.29 is 0 Å². The molecule has 0 unspecified atom stereocenters. The van der Waals surface area contributed by atoms with E-state index in [2.05, 4.69) is 39.0 Å². The Kier molecular flexibility index (Phi) is 5.14. The van der Waals surface area contributed by atoms with Crippen molar-refractivity contribution in [1.29, 1.82) is 0 Å². The van der Waals surface area contributed by atoms with E-state index in [0.29, 0.717) is 0 Å². The topological polar surface area (TPSA) is 49.3 Å². The van der Waals surface area contributed by atoms with Crippen molar-refractivity contribution in [3.05, 3.63) is 37.5 Å². The van der Waals surface area contributed by atoms with Gasteiger partial charge in [0.15, 0.2) is 5.96 Å². The average Bonchev–Trinajstić information content (AvgIpc) is 2.96. The van der Waals surface area contributed by atoms with Gasteiger partial charge in [-0.1, -0.05) is 0 Å². The second-order valence-corrected chi connectivity index (χ2v) is 6.84. The molecule has 0 aliphatic heterocycles. The van der Waals surface area contributed by atoms with E-state index in [4.69, 9.17) is 0 Å². The fourth-order valence-corrected chi connectivity index (χ4v) is 3.59. The Balaban J connectivity index is 1.87. The summed E-state index contributed by atoms with van der Waals surface area (Å²) in [6, 6.07) is 2.14. The molecule has 0 bridgehead atoms. The number of hydrogen-bond donors (Lipinski definition) is 2. The monoisotopic (exact) mass is 308 g/mol. The smallest absolute Gasteiger partial charge is 0.191 e. The molecule has 0 radical (unpaired) electrons. The van der Waals surface area contributed by atoms with Crippen molar-refractivity contribution in [2.75, 3.05) is 7.05 Å². The van der Waals surface area contributed by atoms with Gasteiger partial charge >= 0.3 is 0 Å². The minimum atomic E-state index is 0.764. The van der Waals surface area contributed by atoms with Gasteiger partial charge in [0.05, 0.1) is 23.8 Å². The Bertz CT molecular complexity index is 598. The Morgan fingerprint density at radius 2 is 1.90 bits per heavy atom. The Labute approximate surface area is 128 Å². The maximum absolute atomic E-state index is 4.43. The average molecular weight is 308 g/mol. The van der Waals surface area contributed by atoms with Crippen LogP contribution in [0.2, 0.25) is 0 Å². The molecule has 0 amide bonds. The molecule has 0 fully saturated rings. The van der Waals surface area contributed by atoms with E-state index >= 15 is 0 Å². The summed E-state index contributed by atoms with van der Waals surface area (Å²) in [5.74, 6) is 0.822. The van der Waals surface area contributed by atoms with Crippen LogP contribution in [-0.2, 0) is 13.1 Å². The molecule has 6 heteroatoms. The van der Waals surface area contributed by atoms with E-state index in [1.807, 2.05) is 13.8 Å². The van der Waals surface area contributed by atoms with Gasteiger partial charge in [-0.3, -0.25) is 4.99 Å². The number of rotatable bonds is 4. The summed E-state index contributed by atoms with van der Waals surface area (Å²) in [7, 11) is 1.79. The first kappa shape index (κ1) is 15.0. The van der Waals surface area contributed by atoms with Crippen molar-refractivity contribution in [3.8, 4) is 0 Å². The molecule has 0 saturated carbocycles. The van der Waals surface area contributed by atoms with Crippen LogP contribution in [0.25, 0.3) is 0 Å². The molecule has 2 rings (SSSR count). The van der Waals surface area contributed by atoms with Gasteiger partial charge in [-0.05, 0) is 37.8 Å². The van der Waals surface area contributed by atoms with E-state index in [1.54, 1.807) is 29.7 Å². The lowest BCUT2D eigenvalue weighted by atomic mass is 10.3. The minimum absolute atomic E-state index is 0.764. The van der Waals surface area contributed by atoms with Crippen LogP contribution in [0.5, 0.6) is 0 Å². The lowest BCUT2D eigenvalue weighted by Crippen LogP contribution is -2.36. The van der Waals surface area contributed by atoms with Crippen LogP contribution >= 0.6 is 22.7 Å². The number of nitrogens with zero attached hydrogens (tertiary/aromatic N) is 2. The number of thiophene rings is 1. The number of aromatic nitrogens is 1. The van der Waals surface area contributed by atoms with Gasteiger partial charge in [0.2, 0.25) is 0 Å². The summed E-state index contributed by atoms with van der Waals surface area (Å²) >= 11 is 3.50. The lowest BCUT2D eigenvalue weighted by Gasteiger charge is -2.11. The van der Waals surface area contributed by atoms with Crippen LogP contribution in [0.15, 0.2) is 16.4 Å². The highest BCUT2D eigenvalue weighted by molar-refractivity contribution is 7.11. The summed E-state index contributed by atoms with van der Waals surface area (Å²) in [6.45, 7) is 7.79. The van der Waals surface area contributed by atoms with Crippen LogP contribution in [0.4, 0.5) is 0 Å². The van der Waals surface area contributed by atoms with Crippen LogP contribution in [0.1, 0.15) is 26.0 Å². The number of guanidine groups is 1. The van der Waals surface area contributed by atoms with Crippen molar-refractivity contribution >= 4 is 28.6 Å². The molecule has 0 atom stereocenters. The SMILES string of the molecule is CN=C(NCc1sccc1C)NCc1sc(C)nc1C. The van der Waals surface area contributed by atoms with Crippen molar-refractivity contribution in [3.63, 3.8) is 0 Å². The van der Waals surface area contributed by atoms with Gasteiger partial charge in [-0.15, -0.1) is 22.7 Å². The van der Waals surface area contributed by atoms with E-state index in [-0.39, 0.29) is 0 Å². The van der Waals surface area contributed by atoms with Crippen molar-refractivity contribution in [2.24, 2.45) is 4.99 Å². The van der Waals surface area contributed by atoms with Gasteiger partial charge in [0.1, 0.15) is 0 Å². The van der Waals surface area contributed by atoms with E-state index < -0.39 is 0 Å².